The number of nitrogens with zero attached hydrogens (tertiary/aromatic N) is 1. The second-order valence-corrected chi connectivity index (χ2v) is 7.16. The summed E-state index contributed by atoms with van der Waals surface area (Å²) in [5.41, 5.74) is 0.925. The normalized spacial score (nSPS) is 10.9. The van der Waals surface area contributed by atoms with Crippen molar-refractivity contribution in [2.45, 2.75) is 58.4 Å². The number of rotatable bonds is 11. The van der Waals surface area contributed by atoms with E-state index in [0.29, 0.717) is 34.3 Å². The number of hydrogen-bond donors (Lipinski definition) is 2. The molecule has 0 atom stereocenters. The van der Waals surface area contributed by atoms with Gasteiger partial charge in [0.15, 0.2) is 4.77 Å². The van der Waals surface area contributed by atoms with Gasteiger partial charge in [-0.15, -0.1) is 6.58 Å². The number of H-pyrrole nitrogens is 1. The van der Waals surface area contributed by atoms with Gasteiger partial charge in [0.2, 0.25) is 0 Å². The second kappa shape index (κ2) is 10.8. The van der Waals surface area contributed by atoms with Crippen LogP contribution in [0.15, 0.2) is 35.6 Å². The van der Waals surface area contributed by atoms with Crippen LogP contribution in [0.3, 0.4) is 0 Å². The number of aromatic amines is 1. The summed E-state index contributed by atoms with van der Waals surface area (Å²) in [6.07, 6.45) is 10.1. The Bertz CT molecular complexity index is 898. The zero-order valence-corrected chi connectivity index (χ0v) is 16.9. The lowest BCUT2D eigenvalue weighted by Crippen LogP contribution is -2.25. The molecule has 2 rings (SSSR count). The molecular weight excluding hydrogens is 358 g/mol. The highest BCUT2D eigenvalue weighted by Crippen LogP contribution is 2.11. The van der Waals surface area contributed by atoms with Crippen molar-refractivity contribution in [3.63, 3.8) is 0 Å². The number of benzene rings is 1. The van der Waals surface area contributed by atoms with Crippen LogP contribution in [0.4, 0.5) is 0 Å². The molecule has 27 heavy (non-hydrogen) atoms. The second-order valence-electron chi connectivity index (χ2n) is 6.77. The van der Waals surface area contributed by atoms with Crippen molar-refractivity contribution in [3.8, 4) is 0 Å². The minimum Gasteiger partial charge on any atom is -0.352 e. The van der Waals surface area contributed by atoms with Gasteiger partial charge in [-0.2, -0.15) is 0 Å². The molecule has 1 heterocycles. The summed E-state index contributed by atoms with van der Waals surface area (Å²) in [6.45, 7) is 6.88. The number of unbranched alkanes of at least 4 members (excludes halogenated alkanes) is 6. The number of carbonyl (C=O) groups excluding carboxylic acids is 1. The van der Waals surface area contributed by atoms with Crippen LogP contribution >= 0.6 is 12.2 Å². The van der Waals surface area contributed by atoms with E-state index < -0.39 is 0 Å². The third kappa shape index (κ3) is 5.89. The Morgan fingerprint density at radius 1 is 1.22 bits per heavy atom. The quantitative estimate of drug-likeness (QED) is 0.333. The first-order valence-corrected chi connectivity index (χ1v) is 10.1. The summed E-state index contributed by atoms with van der Waals surface area (Å²) in [5, 5.41) is 3.46. The van der Waals surface area contributed by atoms with Crippen LogP contribution in [0, 0.1) is 4.77 Å². The summed E-state index contributed by atoms with van der Waals surface area (Å²) in [5.74, 6) is -0.127. The van der Waals surface area contributed by atoms with Gasteiger partial charge in [-0.3, -0.25) is 14.2 Å². The SMILES string of the molecule is C=CCn1c(=S)[nH]c2cc(C(=O)NCCCCCCCCC)ccc2c1=O. The fraction of sp³-hybridized carbons (Fsp3) is 0.476. The van der Waals surface area contributed by atoms with Gasteiger partial charge >= 0.3 is 0 Å². The summed E-state index contributed by atoms with van der Waals surface area (Å²) >= 11 is 5.24. The molecule has 2 aromatic rings. The van der Waals surface area contributed by atoms with Crippen LogP contribution in [0.25, 0.3) is 10.9 Å². The zero-order chi connectivity index (χ0) is 19.6. The molecular formula is C21H29N3O2S. The van der Waals surface area contributed by atoms with E-state index in [2.05, 4.69) is 23.8 Å². The molecule has 0 spiro atoms. The van der Waals surface area contributed by atoms with Crippen molar-refractivity contribution in [2.75, 3.05) is 6.54 Å². The van der Waals surface area contributed by atoms with Crippen molar-refractivity contribution in [1.82, 2.24) is 14.9 Å². The molecule has 1 aromatic heterocycles. The van der Waals surface area contributed by atoms with Crippen LogP contribution in [-0.2, 0) is 6.54 Å². The molecule has 1 aromatic carbocycles. The molecule has 5 nitrogen and oxygen atoms in total. The molecule has 146 valence electrons. The Hall–Kier alpha value is -2.21. The van der Waals surface area contributed by atoms with Crippen molar-refractivity contribution in [3.05, 3.63) is 51.5 Å². The highest BCUT2D eigenvalue weighted by Gasteiger charge is 2.09. The first kappa shape index (κ1) is 21.1. The number of aromatic nitrogens is 2. The minimum absolute atomic E-state index is 0.127. The molecule has 0 unspecified atom stereocenters. The van der Waals surface area contributed by atoms with Crippen molar-refractivity contribution < 1.29 is 4.79 Å². The molecule has 0 aliphatic carbocycles. The summed E-state index contributed by atoms with van der Waals surface area (Å²) in [6, 6.07) is 5.04. The van der Waals surface area contributed by atoms with E-state index in [0.717, 1.165) is 12.8 Å². The van der Waals surface area contributed by atoms with Gasteiger partial charge in [0, 0.05) is 18.7 Å². The molecule has 0 saturated carbocycles. The van der Waals surface area contributed by atoms with E-state index in [4.69, 9.17) is 12.2 Å². The number of nitrogens with one attached hydrogen (secondary N) is 2. The minimum atomic E-state index is -0.177. The highest BCUT2D eigenvalue weighted by atomic mass is 32.1. The average molecular weight is 388 g/mol. The van der Waals surface area contributed by atoms with E-state index in [1.807, 2.05) is 0 Å². The predicted octanol–water partition coefficient (Wildman–Crippen LogP) is 4.73. The fourth-order valence-corrected chi connectivity index (χ4v) is 3.34. The van der Waals surface area contributed by atoms with Gasteiger partial charge in [0.05, 0.1) is 10.9 Å². The van der Waals surface area contributed by atoms with Crippen molar-refractivity contribution >= 4 is 29.0 Å². The average Bonchev–Trinajstić information content (AvgIpc) is 2.66. The third-order valence-electron chi connectivity index (χ3n) is 4.62. The zero-order valence-electron chi connectivity index (χ0n) is 16.1. The Balaban J connectivity index is 1.95. The Kier molecular flexibility index (Phi) is 8.45. The number of hydrogen-bond acceptors (Lipinski definition) is 3. The number of carbonyl (C=O) groups is 1. The van der Waals surface area contributed by atoms with E-state index in [-0.39, 0.29) is 11.5 Å². The Morgan fingerprint density at radius 3 is 2.63 bits per heavy atom. The van der Waals surface area contributed by atoms with E-state index in [1.165, 1.54) is 36.7 Å². The standard InChI is InChI=1S/C21H29N3O2S/c1-3-5-6-7-8-9-10-13-22-19(25)16-11-12-17-18(15-16)23-21(27)24(14-4-2)20(17)26/h4,11-12,15H,2-3,5-10,13-14H2,1H3,(H,22,25)(H,23,27). The molecule has 0 bridgehead atoms. The predicted molar refractivity (Wildman–Crippen MR) is 114 cm³/mol. The molecule has 0 fully saturated rings. The number of allylic oxidation sites excluding steroid dienone is 1. The van der Waals surface area contributed by atoms with E-state index >= 15 is 0 Å². The van der Waals surface area contributed by atoms with Crippen LogP contribution < -0.4 is 10.9 Å². The van der Waals surface area contributed by atoms with Gasteiger partial charge in [-0.25, -0.2) is 0 Å². The van der Waals surface area contributed by atoms with Gasteiger partial charge in [-0.05, 0) is 36.8 Å². The number of fused-ring (bicyclic) bond motifs is 1. The van der Waals surface area contributed by atoms with Crippen molar-refractivity contribution in [1.29, 1.82) is 0 Å². The maximum atomic E-state index is 12.5. The molecule has 0 aliphatic heterocycles. The lowest BCUT2D eigenvalue weighted by atomic mass is 10.1. The van der Waals surface area contributed by atoms with Crippen molar-refractivity contribution in [2.24, 2.45) is 0 Å². The smallest absolute Gasteiger partial charge is 0.262 e. The maximum absolute atomic E-state index is 12.5. The largest absolute Gasteiger partial charge is 0.352 e. The maximum Gasteiger partial charge on any atom is 0.262 e. The van der Waals surface area contributed by atoms with Gasteiger partial charge < -0.3 is 10.3 Å². The molecule has 0 radical (unpaired) electrons. The van der Waals surface area contributed by atoms with E-state index in [9.17, 15) is 9.59 Å². The lowest BCUT2D eigenvalue weighted by molar-refractivity contribution is 0.0953. The molecule has 2 N–H and O–H groups in total. The molecule has 1 amide bonds. The Labute approximate surface area is 165 Å². The molecule has 6 heteroatoms. The van der Waals surface area contributed by atoms with Gasteiger partial charge in [-0.1, -0.05) is 51.5 Å². The summed E-state index contributed by atoms with van der Waals surface area (Å²) in [7, 11) is 0. The van der Waals surface area contributed by atoms with Gasteiger partial charge in [0.25, 0.3) is 11.5 Å². The Morgan fingerprint density at radius 2 is 1.93 bits per heavy atom. The lowest BCUT2D eigenvalue weighted by Gasteiger charge is -2.08. The fourth-order valence-electron chi connectivity index (χ4n) is 3.08. The monoisotopic (exact) mass is 387 g/mol. The summed E-state index contributed by atoms with van der Waals surface area (Å²) in [4.78, 5) is 27.9. The highest BCUT2D eigenvalue weighted by molar-refractivity contribution is 7.71. The summed E-state index contributed by atoms with van der Waals surface area (Å²) < 4.78 is 1.78. The molecule has 0 saturated heterocycles. The first-order chi connectivity index (χ1) is 13.1. The first-order valence-electron chi connectivity index (χ1n) is 9.74. The third-order valence-corrected chi connectivity index (χ3v) is 4.94. The van der Waals surface area contributed by atoms with Crippen LogP contribution in [0.5, 0.6) is 0 Å². The van der Waals surface area contributed by atoms with Crippen LogP contribution in [-0.4, -0.2) is 22.0 Å². The van der Waals surface area contributed by atoms with E-state index in [1.54, 1.807) is 24.3 Å². The molecule has 0 aliphatic rings. The topological polar surface area (TPSA) is 66.9 Å². The number of amides is 1. The van der Waals surface area contributed by atoms with Crippen LogP contribution in [0.2, 0.25) is 0 Å². The van der Waals surface area contributed by atoms with Crippen LogP contribution in [0.1, 0.15) is 62.2 Å². The van der Waals surface area contributed by atoms with Gasteiger partial charge in [0.1, 0.15) is 0 Å².